The molecule has 1 aliphatic heterocycles. The van der Waals surface area contributed by atoms with Crippen LogP contribution >= 0.6 is 0 Å². The smallest absolute Gasteiger partial charge is 0.261 e. The van der Waals surface area contributed by atoms with E-state index in [1.807, 2.05) is 6.92 Å². The van der Waals surface area contributed by atoms with Crippen LogP contribution in [-0.4, -0.2) is 89.3 Å². The van der Waals surface area contributed by atoms with Crippen LogP contribution in [0.15, 0.2) is 47.4 Å². The second kappa shape index (κ2) is 11.3. The molecule has 0 bridgehead atoms. The molecule has 0 radical (unpaired) electrons. The molecule has 0 fully saturated rings. The lowest BCUT2D eigenvalue weighted by molar-refractivity contribution is 0.0387. The zero-order valence-electron chi connectivity index (χ0n) is 21.4. The van der Waals surface area contributed by atoms with E-state index in [1.54, 1.807) is 6.92 Å². The van der Waals surface area contributed by atoms with Crippen molar-refractivity contribution in [2.75, 3.05) is 44.8 Å². The summed E-state index contributed by atoms with van der Waals surface area (Å²) >= 11 is 0. The van der Waals surface area contributed by atoms with Crippen molar-refractivity contribution in [3.63, 3.8) is 0 Å². The quantitative estimate of drug-likeness (QED) is 0.475. The normalized spacial score (nSPS) is 19.4. The Hall–Kier alpha value is -2.87. The summed E-state index contributed by atoms with van der Waals surface area (Å²) in [5.41, 5.74) is 0.232. The summed E-state index contributed by atoms with van der Waals surface area (Å²) in [5.74, 6) is -0.0236. The van der Waals surface area contributed by atoms with Crippen molar-refractivity contribution in [1.29, 1.82) is 0 Å². The molecule has 3 rings (SSSR count). The number of nitrogens with one attached hydrogen (secondary N) is 1. The number of likely N-dealkylation sites (N-methyl/N-ethyl adjacent to an activating group) is 1. The van der Waals surface area contributed by atoms with Gasteiger partial charge < -0.3 is 19.5 Å². The molecule has 2 aromatic carbocycles. The van der Waals surface area contributed by atoms with Crippen molar-refractivity contribution in [2.24, 2.45) is 5.92 Å². The molecule has 0 saturated carbocycles. The molecule has 0 spiro atoms. The molecule has 13 heteroatoms. The lowest BCUT2D eigenvalue weighted by atomic mass is 9.99. The molecule has 0 unspecified atom stereocenters. The summed E-state index contributed by atoms with van der Waals surface area (Å²) < 4.78 is 64.7. The van der Waals surface area contributed by atoms with E-state index in [0.717, 1.165) is 6.26 Å². The number of fused-ring (bicyclic) bond motifs is 1. The third-order valence-electron chi connectivity index (χ3n) is 6.29. The number of methoxy groups -OCH3 is 1. The van der Waals surface area contributed by atoms with Gasteiger partial charge in [0.05, 0.1) is 43.0 Å². The fourth-order valence-electron chi connectivity index (χ4n) is 3.86. The Morgan fingerprint density at radius 1 is 1.19 bits per heavy atom. The number of nitrogens with zero attached hydrogens (tertiary/aromatic N) is 2. The number of rotatable bonds is 9. The van der Waals surface area contributed by atoms with E-state index < -0.39 is 38.1 Å². The number of sulfonamides is 2. The minimum atomic E-state index is -3.97. The van der Waals surface area contributed by atoms with Crippen LogP contribution in [0.1, 0.15) is 24.2 Å². The first-order chi connectivity index (χ1) is 17.3. The van der Waals surface area contributed by atoms with E-state index in [2.05, 4.69) is 4.72 Å². The van der Waals surface area contributed by atoms with Gasteiger partial charge in [0, 0.05) is 25.2 Å². The highest BCUT2D eigenvalue weighted by Crippen LogP contribution is 2.31. The van der Waals surface area contributed by atoms with Gasteiger partial charge in [0.2, 0.25) is 10.0 Å². The first kappa shape index (κ1) is 28.7. The van der Waals surface area contributed by atoms with Crippen molar-refractivity contribution in [3.8, 4) is 11.5 Å². The second-order valence-electron chi connectivity index (χ2n) is 9.16. The number of carbonyl (C=O) groups excluding carboxylic acids is 1. The minimum absolute atomic E-state index is 0.0100. The Morgan fingerprint density at radius 2 is 1.84 bits per heavy atom. The maximum absolute atomic E-state index is 13.5. The number of amides is 1. The van der Waals surface area contributed by atoms with Crippen molar-refractivity contribution in [1.82, 2.24) is 9.21 Å². The monoisotopic (exact) mass is 555 g/mol. The lowest BCUT2D eigenvalue weighted by Gasteiger charge is -2.38. The molecule has 2 aromatic rings. The maximum atomic E-state index is 13.5. The zero-order valence-corrected chi connectivity index (χ0v) is 23.0. The Morgan fingerprint density at radius 3 is 2.41 bits per heavy atom. The number of benzene rings is 2. The van der Waals surface area contributed by atoms with E-state index >= 15 is 0 Å². The average Bonchev–Trinajstić information content (AvgIpc) is 2.85. The van der Waals surface area contributed by atoms with E-state index in [9.17, 15) is 26.7 Å². The summed E-state index contributed by atoms with van der Waals surface area (Å²) in [7, 11) is -4.53. The Bertz CT molecular complexity index is 1330. The SMILES string of the molecule is COc1ccc(S(=O)(=O)Nc2ccc3c(c2)C(=O)N([C@@H](C)CO)C[C@H](C)[C@@H](CN(C)S(C)(=O)=O)O3)cc1. The number of aliphatic hydroxyl groups is 1. The van der Waals surface area contributed by atoms with Crippen molar-refractivity contribution in [2.45, 2.75) is 30.9 Å². The summed E-state index contributed by atoms with van der Waals surface area (Å²) in [4.78, 5) is 15.0. The van der Waals surface area contributed by atoms with Crippen molar-refractivity contribution >= 4 is 31.6 Å². The Balaban J connectivity index is 2.00. The molecule has 0 aromatic heterocycles. The van der Waals surface area contributed by atoms with Gasteiger partial charge in [-0.2, -0.15) is 0 Å². The summed E-state index contributed by atoms with van der Waals surface area (Å²) in [5, 5.41) is 9.78. The first-order valence-corrected chi connectivity index (χ1v) is 14.9. The predicted molar refractivity (Wildman–Crippen MR) is 139 cm³/mol. The molecule has 204 valence electrons. The van der Waals surface area contributed by atoms with E-state index in [4.69, 9.17) is 9.47 Å². The third-order valence-corrected chi connectivity index (χ3v) is 8.97. The predicted octanol–water partition coefficient (Wildman–Crippen LogP) is 1.61. The number of hydrogen-bond donors (Lipinski definition) is 2. The third kappa shape index (κ3) is 6.72. The molecular weight excluding hydrogens is 522 g/mol. The number of hydrogen-bond acceptors (Lipinski definition) is 8. The standard InChI is InChI=1S/C24H33N3O8S2/c1-16-13-27(17(2)15-28)24(29)21-12-18(25-37(32,33)20-9-7-19(34-4)8-10-20)6-11-22(21)35-23(16)14-26(3)36(5,30)31/h6-12,16-17,23,25,28H,13-15H2,1-5H3/t16-,17-,23+/m0/s1. The van der Waals surface area contributed by atoms with Gasteiger partial charge in [0.1, 0.15) is 17.6 Å². The Labute approximate surface area is 218 Å². The molecule has 1 amide bonds. The first-order valence-electron chi connectivity index (χ1n) is 11.6. The van der Waals surface area contributed by atoms with Gasteiger partial charge in [-0.25, -0.2) is 21.1 Å². The van der Waals surface area contributed by atoms with Gasteiger partial charge in [0.15, 0.2) is 0 Å². The number of aliphatic hydroxyl groups excluding tert-OH is 1. The van der Waals surface area contributed by atoms with E-state index in [0.29, 0.717) is 5.75 Å². The molecule has 11 nitrogen and oxygen atoms in total. The molecular formula is C24H33N3O8S2. The average molecular weight is 556 g/mol. The molecule has 0 aliphatic carbocycles. The summed E-state index contributed by atoms with van der Waals surface area (Å²) in [6.07, 6.45) is 0.487. The number of carbonyl (C=O) groups is 1. The van der Waals surface area contributed by atoms with Crippen LogP contribution in [-0.2, 0) is 20.0 Å². The van der Waals surface area contributed by atoms with Gasteiger partial charge in [-0.05, 0) is 49.4 Å². The second-order valence-corrected chi connectivity index (χ2v) is 12.9. The van der Waals surface area contributed by atoms with Gasteiger partial charge in [-0.15, -0.1) is 0 Å². The molecule has 37 heavy (non-hydrogen) atoms. The van der Waals surface area contributed by atoms with E-state index in [1.165, 1.54) is 65.8 Å². The van der Waals surface area contributed by atoms with Gasteiger partial charge in [0.25, 0.3) is 15.9 Å². The van der Waals surface area contributed by atoms with Crippen molar-refractivity contribution in [3.05, 3.63) is 48.0 Å². The minimum Gasteiger partial charge on any atom is -0.497 e. The van der Waals surface area contributed by atoms with Crippen LogP contribution in [0.4, 0.5) is 5.69 Å². The highest BCUT2D eigenvalue weighted by atomic mass is 32.2. The molecule has 1 aliphatic rings. The summed E-state index contributed by atoms with van der Waals surface area (Å²) in [6.45, 7) is 3.49. The van der Waals surface area contributed by atoms with Crippen LogP contribution in [0.3, 0.4) is 0 Å². The highest BCUT2D eigenvalue weighted by molar-refractivity contribution is 7.92. The fourth-order valence-corrected chi connectivity index (χ4v) is 5.33. The molecule has 1 heterocycles. The Kier molecular flexibility index (Phi) is 8.73. The van der Waals surface area contributed by atoms with Crippen LogP contribution in [0.25, 0.3) is 0 Å². The number of anilines is 1. The van der Waals surface area contributed by atoms with Crippen LogP contribution in [0.5, 0.6) is 11.5 Å². The molecule has 3 atom stereocenters. The van der Waals surface area contributed by atoms with E-state index in [-0.39, 0.29) is 47.5 Å². The van der Waals surface area contributed by atoms with Gasteiger partial charge >= 0.3 is 0 Å². The van der Waals surface area contributed by atoms with Gasteiger partial charge in [-0.3, -0.25) is 9.52 Å². The highest BCUT2D eigenvalue weighted by Gasteiger charge is 2.34. The largest absolute Gasteiger partial charge is 0.497 e. The topological polar surface area (TPSA) is 143 Å². The van der Waals surface area contributed by atoms with Crippen LogP contribution < -0.4 is 14.2 Å². The molecule has 2 N–H and O–H groups in total. The van der Waals surface area contributed by atoms with Crippen molar-refractivity contribution < 1.29 is 36.2 Å². The zero-order chi connectivity index (χ0) is 27.5. The maximum Gasteiger partial charge on any atom is 0.261 e. The molecule has 0 saturated heterocycles. The van der Waals surface area contributed by atoms with Crippen LogP contribution in [0.2, 0.25) is 0 Å². The van der Waals surface area contributed by atoms with Crippen LogP contribution in [0, 0.1) is 5.92 Å². The van der Waals surface area contributed by atoms with Gasteiger partial charge in [-0.1, -0.05) is 6.92 Å². The summed E-state index contributed by atoms with van der Waals surface area (Å²) in [6, 6.07) is 9.64. The fraction of sp³-hybridized carbons (Fsp3) is 0.458. The lowest BCUT2D eigenvalue weighted by Crippen LogP contribution is -2.50. The number of ether oxygens (including phenoxy) is 2.